The van der Waals surface area contributed by atoms with E-state index in [1.165, 1.54) is 14.2 Å². The number of nitrogens with zero attached hydrogens (tertiary/aromatic N) is 4. The van der Waals surface area contributed by atoms with Crippen molar-refractivity contribution < 1.29 is 33.4 Å². The molecular weight excluding hydrogens is 801 g/mol. The lowest BCUT2D eigenvalue weighted by Crippen LogP contribution is -2.55. The van der Waals surface area contributed by atoms with Crippen molar-refractivity contribution in [1.29, 1.82) is 0 Å². The second kappa shape index (κ2) is 16.5. The third-order valence-electron chi connectivity index (χ3n) is 14.3. The fourth-order valence-corrected chi connectivity index (χ4v) is 10.9. The van der Waals surface area contributed by atoms with E-state index in [1.54, 1.807) is 13.1 Å². The minimum Gasteiger partial charge on any atom is -0.453 e. The highest BCUT2D eigenvalue weighted by molar-refractivity contribution is 5.90. The molecule has 4 amide bonds. The van der Waals surface area contributed by atoms with E-state index in [-0.39, 0.29) is 54.1 Å². The highest BCUT2D eigenvalue weighted by atomic mass is 16.5. The van der Waals surface area contributed by atoms with E-state index in [4.69, 9.17) is 24.2 Å². The van der Waals surface area contributed by atoms with Crippen molar-refractivity contribution in [2.24, 2.45) is 29.6 Å². The maximum absolute atomic E-state index is 14.5. The molecule has 0 spiro atoms. The number of benzene rings is 2. The Balaban J connectivity index is 0.893. The molecule has 15 nitrogen and oxygen atoms in total. The maximum Gasteiger partial charge on any atom is 0.407 e. The Labute approximate surface area is 367 Å². The summed E-state index contributed by atoms with van der Waals surface area (Å²) in [7, 11) is 2.59. The monoisotopic (exact) mass is 856 g/mol. The van der Waals surface area contributed by atoms with Gasteiger partial charge in [0.25, 0.3) is 0 Å². The van der Waals surface area contributed by atoms with Crippen LogP contribution in [0.5, 0.6) is 0 Å². The van der Waals surface area contributed by atoms with Crippen molar-refractivity contribution in [3.8, 4) is 23.1 Å². The zero-order valence-corrected chi connectivity index (χ0v) is 36.8. The van der Waals surface area contributed by atoms with Crippen LogP contribution in [0.15, 0.2) is 60.9 Å². The van der Waals surface area contributed by atoms with Crippen molar-refractivity contribution in [3.05, 3.63) is 83.9 Å². The summed E-state index contributed by atoms with van der Waals surface area (Å²) in [4.78, 5) is 73.3. The molecule has 4 N–H and O–H groups in total. The largest absolute Gasteiger partial charge is 0.453 e. The first kappa shape index (κ1) is 42.2. The Morgan fingerprint density at radius 2 is 1.37 bits per heavy atom. The van der Waals surface area contributed by atoms with Crippen molar-refractivity contribution in [1.82, 2.24) is 40.4 Å². The fraction of sp³-hybridized carbons (Fsp3) is 0.500. The van der Waals surface area contributed by atoms with Gasteiger partial charge < -0.3 is 44.6 Å². The number of rotatable bonds is 9. The Morgan fingerprint density at radius 1 is 0.778 bits per heavy atom. The first-order valence-corrected chi connectivity index (χ1v) is 22.0. The quantitative estimate of drug-likeness (QED) is 0.109. The number of ether oxygens (including phenoxy) is 3. The van der Waals surface area contributed by atoms with Crippen LogP contribution in [0.25, 0.3) is 22.0 Å². The van der Waals surface area contributed by atoms with Crippen LogP contribution in [-0.4, -0.2) is 104 Å². The number of carbonyl (C=O) groups excluding carboxylic acids is 4. The van der Waals surface area contributed by atoms with Crippen LogP contribution in [-0.2, 0) is 23.8 Å². The number of likely N-dealkylation sites (tertiary alicyclic amines) is 2. The number of aromatic nitrogens is 4. The highest BCUT2D eigenvalue weighted by Crippen LogP contribution is 2.58. The van der Waals surface area contributed by atoms with E-state index in [1.807, 2.05) is 48.0 Å². The molecule has 2 saturated carbocycles. The van der Waals surface area contributed by atoms with Crippen LogP contribution in [0.2, 0.25) is 0 Å². The van der Waals surface area contributed by atoms with Crippen LogP contribution in [0, 0.1) is 41.4 Å². The molecule has 2 aliphatic carbocycles. The molecule has 5 heterocycles. The number of methoxy groups -OCH3 is 2. The van der Waals surface area contributed by atoms with E-state index >= 15 is 0 Å². The Hall–Kier alpha value is -6.14. The van der Waals surface area contributed by atoms with E-state index in [9.17, 15) is 19.2 Å². The van der Waals surface area contributed by atoms with Gasteiger partial charge in [0.1, 0.15) is 29.4 Å². The first-order valence-electron chi connectivity index (χ1n) is 22.0. The SMILES string of the molecule is C=C(C)[C@H](NC(=O)OC)C(=O)N1[C@@H]2[C@H](C)[C@@H]2C[C@H]1c1ncc(-c2ccc3cc(C#Cc4cnc([C@@H]5C[C@H]6[C@@H](C)[C@H]6N5C(=O)C(NC(=O)OC)C5C[C@@H](C)O[C@@H](C)C5)[nH]4)ccc3c2)[nH]1. The van der Waals surface area contributed by atoms with Gasteiger partial charge in [0, 0.05) is 23.2 Å². The van der Waals surface area contributed by atoms with E-state index in [0.29, 0.717) is 59.4 Å². The standard InChI is InChI=1S/C48H56N8O7/c1-23(2)39(53-47(59)61-7)45(57)55-38(20-35-26(5)41(35)55)44-50-22-36(52-44)31-13-12-29-17-28(9-11-30(29)18-31)10-14-33-21-49-43(51-33)37-19-34-27(6)42(34)56(37)46(58)40(54-48(60)62-8)32-15-24(3)63-25(4)16-32/h9,11-13,17-18,21-22,24-27,32,34-35,37-42H,1,15-16,19-20H2,2-8H3,(H,49,51)(H,50,52)(H,53,59)(H,54,60)/t24-,25+,26-,27-,32?,34+,35+,37+,38+,39+,40?,41-,42-/m1/s1. The average molecular weight is 857 g/mol. The van der Waals surface area contributed by atoms with Crippen LogP contribution in [0.1, 0.15) is 95.3 Å². The zero-order valence-electron chi connectivity index (χ0n) is 36.8. The summed E-state index contributed by atoms with van der Waals surface area (Å²) < 4.78 is 15.7. The predicted molar refractivity (Wildman–Crippen MR) is 234 cm³/mol. The molecule has 13 atom stereocenters. The van der Waals surface area contributed by atoms with Crippen molar-refractivity contribution in [2.45, 2.75) is 109 Å². The van der Waals surface area contributed by atoms with Crippen molar-refractivity contribution in [2.75, 3.05) is 14.2 Å². The van der Waals surface area contributed by atoms with Gasteiger partial charge in [-0.1, -0.05) is 44.5 Å². The molecule has 63 heavy (non-hydrogen) atoms. The number of piperidine rings is 2. The summed E-state index contributed by atoms with van der Waals surface area (Å²) >= 11 is 0. The van der Waals surface area contributed by atoms with Crippen LogP contribution in [0.3, 0.4) is 0 Å². The molecule has 5 aliphatic rings. The number of nitrogens with one attached hydrogen (secondary N) is 4. The predicted octanol–water partition coefficient (Wildman–Crippen LogP) is 6.40. The third-order valence-corrected chi connectivity index (χ3v) is 14.3. The zero-order chi connectivity index (χ0) is 44.4. The topological polar surface area (TPSA) is 184 Å². The second-order valence-corrected chi connectivity index (χ2v) is 18.4. The highest BCUT2D eigenvalue weighted by Gasteiger charge is 2.63. The van der Waals surface area contributed by atoms with Gasteiger partial charge >= 0.3 is 12.2 Å². The van der Waals surface area contributed by atoms with Gasteiger partial charge in [-0.05, 0) is 117 Å². The summed E-state index contributed by atoms with van der Waals surface area (Å²) in [5.41, 5.74) is 3.83. The summed E-state index contributed by atoms with van der Waals surface area (Å²) in [6.07, 6.45) is 5.09. The number of carbonyl (C=O) groups is 4. The molecule has 0 radical (unpaired) electrons. The molecular formula is C48H56N8O7. The van der Waals surface area contributed by atoms with Gasteiger partial charge in [-0.3, -0.25) is 9.59 Å². The lowest BCUT2D eigenvalue weighted by atomic mass is 9.85. The molecule has 9 rings (SSSR count). The summed E-state index contributed by atoms with van der Waals surface area (Å²) in [5, 5.41) is 7.60. The summed E-state index contributed by atoms with van der Waals surface area (Å²) in [6.45, 7) is 14.0. The number of fused-ring (bicyclic) bond motifs is 3. The van der Waals surface area contributed by atoms with Crippen LogP contribution < -0.4 is 10.6 Å². The van der Waals surface area contributed by atoms with E-state index in [2.05, 4.69) is 71.1 Å². The molecule has 4 aromatic rings. The van der Waals surface area contributed by atoms with Gasteiger partial charge in [-0.2, -0.15) is 0 Å². The molecule has 2 aromatic carbocycles. The molecule has 2 unspecified atom stereocenters. The minimum atomic E-state index is -0.893. The first-order chi connectivity index (χ1) is 30.2. The second-order valence-electron chi connectivity index (χ2n) is 18.4. The number of H-pyrrole nitrogens is 2. The molecule has 2 aromatic heterocycles. The Bertz CT molecular complexity index is 2530. The lowest BCUT2D eigenvalue weighted by molar-refractivity contribution is -0.140. The van der Waals surface area contributed by atoms with Gasteiger partial charge in [0.15, 0.2) is 0 Å². The number of hydrogen-bond donors (Lipinski definition) is 4. The maximum atomic E-state index is 14.5. The van der Waals surface area contributed by atoms with Gasteiger partial charge in [-0.25, -0.2) is 19.6 Å². The van der Waals surface area contributed by atoms with Gasteiger partial charge in [0.05, 0.1) is 56.6 Å². The smallest absolute Gasteiger partial charge is 0.407 e. The van der Waals surface area contributed by atoms with E-state index in [0.717, 1.165) is 40.4 Å². The van der Waals surface area contributed by atoms with Gasteiger partial charge in [0.2, 0.25) is 11.8 Å². The van der Waals surface area contributed by atoms with Gasteiger partial charge in [-0.15, -0.1) is 0 Å². The normalized spacial score (nSPS) is 30.0. The number of aromatic amines is 2. The number of hydrogen-bond acceptors (Lipinski definition) is 9. The fourth-order valence-electron chi connectivity index (χ4n) is 10.9. The number of alkyl carbamates (subject to hydrolysis) is 2. The molecule has 3 saturated heterocycles. The van der Waals surface area contributed by atoms with Crippen molar-refractivity contribution in [3.63, 3.8) is 0 Å². The Kier molecular flexibility index (Phi) is 11.1. The van der Waals surface area contributed by atoms with Crippen LogP contribution >= 0.6 is 0 Å². The average Bonchev–Trinajstić information content (AvgIpc) is 3.74. The summed E-state index contributed by atoms with van der Waals surface area (Å²) in [5.74, 6) is 9.03. The number of imidazole rings is 2. The lowest BCUT2D eigenvalue weighted by Gasteiger charge is -2.39. The Morgan fingerprint density at radius 3 is 2.02 bits per heavy atom. The molecule has 5 fully saturated rings. The van der Waals surface area contributed by atoms with Crippen molar-refractivity contribution >= 4 is 34.8 Å². The molecule has 3 aliphatic heterocycles. The molecule has 330 valence electrons. The summed E-state index contributed by atoms with van der Waals surface area (Å²) in [6, 6.07) is 10.3. The third kappa shape index (κ3) is 7.94. The van der Waals surface area contributed by atoms with Crippen LogP contribution in [0.4, 0.5) is 9.59 Å². The molecule has 15 heteroatoms. The molecule has 0 bridgehead atoms. The minimum absolute atomic E-state index is 0.0247. The van der Waals surface area contributed by atoms with E-state index < -0.39 is 24.3 Å². The number of amides is 4.